The first-order valence-corrected chi connectivity index (χ1v) is 3.51. The minimum absolute atomic E-state index is 0.214. The van der Waals surface area contributed by atoms with Gasteiger partial charge >= 0.3 is 0 Å². The molecule has 0 amide bonds. The molecule has 0 saturated heterocycles. The summed E-state index contributed by atoms with van der Waals surface area (Å²) in [6.45, 7) is 0. The Morgan fingerprint density at radius 1 is 1.44 bits per heavy atom. The predicted octanol–water partition coefficient (Wildman–Crippen LogP) is 1.36. The molecule has 2 nitrogen and oxygen atoms in total. The zero-order valence-electron chi connectivity index (χ0n) is 5.17. The summed E-state index contributed by atoms with van der Waals surface area (Å²) in [5, 5.41) is 0. The van der Waals surface area contributed by atoms with E-state index in [1.807, 2.05) is 0 Å². The number of rotatable bonds is 1. The highest BCUT2D eigenvalue weighted by Gasteiger charge is 2.17. The lowest BCUT2D eigenvalue weighted by Gasteiger charge is -2.17. The predicted molar refractivity (Wildman–Crippen MR) is 37.3 cm³/mol. The molecule has 1 fully saturated rings. The molecule has 0 aliphatic heterocycles. The van der Waals surface area contributed by atoms with Crippen LogP contribution in [-0.4, -0.2) is 11.9 Å². The molecule has 0 aromatic rings. The largest absolute Gasteiger partial charge is 0.315 e. The van der Waals surface area contributed by atoms with Gasteiger partial charge in [-0.2, -0.15) is 0 Å². The molecule has 1 aliphatic rings. The van der Waals surface area contributed by atoms with Crippen LogP contribution >= 0.6 is 12.9 Å². The standard InChI is InChI=1S/C6H10O2S/c7-5-1-3-6(8-9)4-2-5/h6,9H,1-4H2. The van der Waals surface area contributed by atoms with E-state index in [9.17, 15) is 4.79 Å². The lowest BCUT2D eigenvalue weighted by molar-refractivity contribution is -0.121. The summed E-state index contributed by atoms with van der Waals surface area (Å²) in [5.41, 5.74) is 0. The molecular formula is C6H10O2S. The summed E-state index contributed by atoms with van der Waals surface area (Å²) in [5.74, 6) is 0.358. The Labute approximate surface area is 60.2 Å². The van der Waals surface area contributed by atoms with E-state index in [1.54, 1.807) is 0 Å². The molecule has 3 heteroatoms. The van der Waals surface area contributed by atoms with Crippen LogP contribution in [0.4, 0.5) is 0 Å². The van der Waals surface area contributed by atoms with Crippen molar-refractivity contribution in [2.75, 3.05) is 0 Å². The SMILES string of the molecule is O=C1CCC(OS)CC1. The van der Waals surface area contributed by atoms with Crippen LogP contribution in [0.2, 0.25) is 0 Å². The fourth-order valence-corrected chi connectivity index (χ4v) is 1.23. The molecule has 0 unspecified atom stereocenters. The highest BCUT2D eigenvalue weighted by atomic mass is 32.1. The van der Waals surface area contributed by atoms with Crippen molar-refractivity contribution in [3.8, 4) is 0 Å². The van der Waals surface area contributed by atoms with Gasteiger partial charge in [-0.25, -0.2) is 0 Å². The maximum atomic E-state index is 10.6. The molecule has 0 atom stereocenters. The number of thiol groups is 1. The van der Waals surface area contributed by atoms with Crippen LogP contribution in [-0.2, 0) is 8.98 Å². The summed E-state index contributed by atoms with van der Waals surface area (Å²) in [4.78, 5) is 10.6. The molecule has 9 heavy (non-hydrogen) atoms. The van der Waals surface area contributed by atoms with Crippen LogP contribution in [0.25, 0.3) is 0 Å². The summed E-state index contributed by atoms with van der Waals surface area (Å²) in [6, 6.07) is 0. The zero-order valence-corrected chi connectivity index (χ0v) is 6.06. The van der Waals surface area contributed by atoms with Crippen molar-refractivity contribution in [2.45, 2.75) is 31.8 Å². The minimum Gasteiger partial charge on any atom is -0.315 e. The third-order valence-corrected chi connectivity index (χ3v) is 1.94. The van der Waals surface area contributed by atoms with E-state index in [4.69, 9.17) is 4.18 Å². The first-order chi connectivity index (χ1) is 4.33. The Bertz CT molecular complexity index is 104. The van der Waals surface area contributed by atoms with Crippen LogP contribution in [0.15, 0.2) is 0 Å². The van der Waals surface area contributed by atoms with Crippen molar-refractivity contribution >= 4 is 18.7 Å². The quantitative estimate of drug-likeness (QED) is 0.446. The van der Waals surface area contributed by atoms with Gasteiger partial charge < -0.3 is 4.18 Å². The van der Waals surface area contributed by atoms with E-state index >= 15 is 0 Å². The number of carbonyl (C=O) groups is 1. The van der Waals surface area contributed by atoms with Gasteiger partial charge in [-0.05, 0) is 25.8 Å². The molecule has 0 aromatic carbocycles. The molecule has 52 valence electrons. The molecule has 0 radical (unpaired) electrons. The summed E-state index contributed by atoms with van der Waals surface area (Å²) < 4.78 is 4.78. The van der Waals surface area contributed by atoms with Gasteiger partial charge in [-0.1, -0.05) is 0 Å². The average molecular weight is 146 g/mol. The number of carbonyl (C=O) groups excluding carboxylic acids is 1. The van der Waals surface area contributed by atoms with Crippen LogP contribution in [0, 0.1) is 0 Å². The lowest BCUT2D eigenvalue weighted by atomic mass is 9.97. The van der Waals surface area contributed by atoms with E-state index in [1.165, 1.54) is 0 Å². The van der Waals surface area contributed by atoms with Crippen LogP contribution in [0.1, 0.15) is 25.7 Å². The van der Waals surface area contributed by atoms with Crippen LogP contribution < -0.4 is 0 Å². The van der Waals surface area contributed by atoms with Crippen LogP contribution in [0.5, 0.6) is 0 Å². The van der Waals surface area contributed by atoms with Gasteiger partial charge in [0.15, 0.2) is 0 Å². The van der Waals surface area contributed by atoms with E-state index < -0.39 is 0 Å². The molecule has 0 spiro atoms. The zero-order chi connectivity index (χ0) is 6.69. The molecule has 0 heterocycles. The Kier molecular flexibility index (Phi) is 2.54. The van der Waals surface area contributed by atoms with Crippen molar-refractivity contribution in [3.63, 3.8) is 0 Å². The van der Waals surface area contributed by atoms with E-state index in [-0.39, 0.29) is 6.10 Å². The molecule has 0 aromatic heterocycles. The van der Waals surface area contributed by atoms with Crippen LogP contribution in [0.3, 0.4) is 0 Å². The fourth-order valence-electron chi connectivity index (χ4n) is 1.02. The molecule has 0 bridgehead atoms. The molecule has 1 aliphatic carbocycles. The normalized spacial score (nSPS) is 22.6. The monoisotopic (exact) mass is 146 g/mol. The summed E-state index contributed by atoms with van der Waals surface area (Å²) in [7, 11) is 0. The second-order valence-electron chi connectivity index (χ2n) is 2.34. The highest BCUT2D eigenvalue weighted by Crippen LogP contribution is 2.18. The van der Waals surface area contributed by atoms with E-state index in [0.717, 1.165) is 12.8 Å². The first-order valence-electron chi connectivity index (χ1n) is 3.15. The van der Waals surface area contributed by atoms with Gasteiger partial charge in [0.1, 0.15) is 5.78 Å². The van der Waals surface area contributed by atoms with Crippen molar-refractivity contribution in [3.05, 3.63) is 0 Å². The maximum absolute atomic E-state index is 10.6. The Morgan fingerprint density at radius 2 is 2.00 bits per heavy atom. The van der Waals surface area contributed by atoms with Gasteiger partial charge in [0, 0.05) is 12.8 Å². The molecule has 0 N–H and O–H groups in total. The molecule has 1 saturated carbocycles. The van der Waals surface area contributed by atoms with E-state index in [2.05, 4.69) is 12.9 Å². The second-order valence-corrected chi connectivity index (χ2v) is 2.55. The van der Waals surface area contributed by atoms with Gasteiger partial charge in [0.2, 0.25) is 0 Å². The van der Waals surface area contributed by atoms with Gasteiger partial charge in [-0.15, -0.1) is 0 Å². The summed E-state index contributed by atoms with van der Waals surface area (Å²) >= 11 is 3.68. The van der Waals surface area contributed by atoms with E-state index in [0.29, 0.717) is 18.6 Å². The average Bonchev–Trinajstić information content (AvgIpc) is 1.90. The fraction of sp³-hybridized carbons (Fsp3) is 0.833. The topological polar surface area (TPSA) is 26.3 Å². The minimum atomic E-state index is 0.214. The van der Waals surface area contributed by atoms with Gasteiger partial charge in [0.05, 0.1) is 6.10 Å². The third-order valence-electron chi connectivity index (χ3n) is 1.64. The third kappa shape index (κ3) is 1.99. The second kappa shape index (κ2) is 3.22. The number of hydrogen-bond acceptors (Lipinski definition) is 3. The van der Waals surface area contributed by atoms with Gasteiger partial charge in [0.25, 0.3) is 0 Å². The number of Topliss-reactive ketones (excluding diaryl/α,β-unsaturated/α-hetero) is 1. The number of hydrogen-bond donors (Lipinski definition) is 1. The molecular weight excluding hydrogens is 136 g/mol. The summed E-state index contributed by atoms with van der Waals surface area (Å²) in [6.07, 6.45) is 3.26. The van der Waals surface area contributed by atoms with Crippen molar-refractivity contribution in [2.24, 2.45) is 0 Å². The Hall–Kier alpha value is -0.0200. The van der Waals surface area contributed by atoms with Crippen molar-refractivity contribution < 1.29 is 8.98 Å². The highest BCUT2D eigenvalue weighted by molar-refractivity contribution is 7.75. The Balaban J connectivity index is 2.26. The number of ketones is 1. The lowest BCUT2D eigenvalue weighted by Crippen LogP contribution is -2.18. The first kappa shape index (κ1) is 7.09. The van der Waals surface area contributed by atoms with Gasteiger partial charge in [-0.3, -0.25) is 4.79 Å². The van der Waals surface area contributed by atoms with Crippen molar-refractivity contribution in [1.29, 1.82) is 0 Å². The Morgan fingerprint density at radius 3 is 2.44 bits per heavy atom. The maximum Gasteiger partial charge on any atom is 0.133 e. The van der Waals surface area contributed by atoms with Crippen molar-refractivity contribution in [1.82, 2.24) is 0 Å². The smallest absolute Gasteiger partial charge is 0.133 e. The molecule has 1 rings (SSSR count).